The van der Waals surface area contributed by atoms with Crippen LogP contribution in [-0.4, -0.2) is 47.1 Å². The van der Waals surface area contributed by atoms with Gasteiger partial charge in [0.15, 0.2) is 0 Å². The number of carboxylic acid groups (broad SMARTS) is 1. The number of carbonyl (C=O) groups excluding carboxylic acids is 1. The van der Waals surface area contributed by atoms with Gasteiger partial charge in [0.25, 0.3) is 5.91 Å². The van der Waals surface area contributed by atoms with Gasteiger partial charge in [-0.3, -0.25) is 14.5 Å². The summed E-state index contributed by atoms with van der Waals surface area (Å²) in [4.78, 5) is 25.1. The molecule has 1 aromatic carbocycles. The van der Waals surface area contributed by atoms with E-state index in [4.69, 9.17) is 5.11 Å². The van der Waals surface area contributed by atoms with Crippen molar-refractivity contribution in [2.75, 3.05) is 13.1 Å². The number of thiophene rings is 1. The number of fused-ring (bicyclic) bond motifs is 1. The maximum atomic E-state index is 12.3. The Bertz CT molecular complexity index is 721. The van der Waals surface area contributed by atoms with Crippen LogP contribution in [0.2, 0.25) is 0 Å². The molecule has 0 aliphatic heterocycles. The number of amides is 1. The SMILES string of the molecule is CCN(CC(=O)O)C1CC(NC(=O)c2ccc3sccc3c2)C1. The van der Waals surface area contributed by atoms with Crippen LogP contribution in [0.4, 0.5) is 0 Å². The lowest BCUT2D eigenvalue weighted by atomic mass is 9.85. The fourth-order valence-corrected chi connectivity index (χ4v) is 3.82. The molecule has 23 heavy (non-hydrogen) atoms. The fraction of sp³-hybridized carbons (Fsp3) is 0.412. The van der Waals surface area contributed by atoms with E-state index in [1.165, 1.54) is 4.70 Å². The van der Waals surface area contributed by atoms with Gasteiger partial charge >= 0.3 is 5.97 Å². The molecular weight excluding hydrogens is 312 g/mol. The van der Waals surface area contributed by atoms with Gasteiger partial charge in [-0.25, -0.2) is 0 Å². The second-order valence-corrected chi connectivity index (χ2v) is 6.87. The summed E-state index contributed by atoms with van der Waals surface area (Å²) in [7, 11) is 0. The van der Waals surface area contributed by atoms with Gasteiger partial charge in [0.05, 0.1) is 6.54 Å². The van der Waals surface area contributed by atoms with Crippen molar-refractivity contribution in [1.82, 2.24) is 10.2 Å². The third-order valence-corrected chi connectivity index (χ3v) is 5.32. The molecule has 0 saturated heterocycles. The lowest BCUT2D eigenvalue weighted by Gasteiger charge is -2.42. The maximum absolute atomic E-state index is 12.3. The molecule has 0 spiro atoms. The van der Waals surface area contributed by atoms with Crippen LogP contribution in [0.15, 0.2) is 29.6 Å². The highest BCUT2D eigenvalue weighted by Gasteiger charge is 2.34. The number of nitrogens with zero attached hydrogens (tertiary/aromatic N) is 1. The predicted octanol–water partition coefficient (Wildman–Crippen LogP) is 2.57. The number of nitrogens with one attached hydrogen (secondary N) is 1. The molecule has 3 rings (SSSR count). The van der Waals surface area contributed by atoms with Crippen LogP contribution < -0.4 is 5.32 Å². The Labute approximate surface area is 138 Å². The first-order chi connectivity index (χ1) is 11.1. The van der Waals surface area contributed by atoms with Crippen molar-refractivity contribution in [3.8, 4) is 0 Å². The third-order valence-electron chi connectivity index (χ3n) is 4.42. The average molecular weight is 332 g/mol. The van der Waals surface area contributed by atoms with Crippen LogP contribution in [0.25, 0.3) is 10.1 Å². The van der Waals surface area contributed by atoms with E-state index in [0.717, 1.165) is 18.2 Å². The van der Waals surface area contributed by atoms with Gasteiger partial charge in [-0.05, 0) is 54.4 Å². The van der Waals surface area contributed by atoms with Crippen molar-refractivity contribution in [3.63, 3.8) is 0 Å². The van der Waals surface area contributed by atoms with Gasteiger partial charge in [-0.15, -0.1) is 11.3 Å². The predicted molar refractivity (Wildman–Crippen MR) is 91.0 cm³/mol. The quantitative estimate of drug-likeness (QED) is 0.853. The van der Waals surface area contributed by atoms with E-state index in [1.54, 1.807) is 11.3 Å². The highest BCUT2D eigenvalue weighted by atomic mass is 32.1. The van der Waals surface area contributed by atoms with Gasteiger partial charge < -0.3 is 10.4 Å². The smallest absolute Gasteiger partial charge is 0.317 e. The lowest BCUT2D eigenvalue weighted by molar-refractivity contribution is -0.139. The van der Waals surface area contributed by atoms with Crippen molar-refractivity contribution in [3.05, 3.63) is 35.2 Å². The molecule has 2 aromatic rings. The van der Waals surface area contributed by atoms with E-state index in [-0.39, 0.29) is 24.5 Å². The molecule has 2 N–H and O–H groups in total. The Morgan fingerprint density at radius 3 is 2.83 bits per heavy atom. The van der Waals surface area contributed by atoms with E-state index in [9.17, 15) is 9.59 Å². The summed E-state index contributed by atoms with van der Waals surface area (Å²) in [6.45, 7) is 2.74. The fourth-order valence-electron chi connectivity index (χ4n) is 3.05. The standard InChI is InChI=1S/C17H20N2O3S/c1-2-19(10-16(20)21)14-8-13(9-14)18-17(22)12-3-4-15-11(7-12)5-6-23-15/h3-7,13-14H,2,8-10H2,1H3,(H,18,22)(H,20,21). The monoisotopic (exact) mass is 332 g/mol. The number of carboxylic acids is 1. The van der Waals surface area contributed by atoms with Crippen LogP contribution in [0.5, 0.6) is 0 Å². The highest BCUT2D eigenvalue weighted by Crippen LogP contribution is 2.26. The highest BCUT2D eigenvalue weighted by molar-refractivity contribution is 7.17. The number of aliphatic carboxylic acids is 1. The summed E-state index contributed by atoms with van der Waals surface area (Å²) < 4.78 is 1.18. The van der Waals surface area contributed by atoms with Crippen molar-refractivity contribution >= 4 is 33.3 Å². The van der Waals surface area contributed by atoms with Crippen molar-refractivity contribution in [1.29, 1.82) is 0 Å². The van der Waals surface area contributed by atoms with E-state index < -0.39 is 5.97 Å². The van der Waals surface area contributed by atoms with Crippen LogP contribution in [-0.2, 0) is 4.79 Å². The Kier molecular flexibility index (Phi) is 4.63. The number of rotatable bonds is 6. The molecule has 1 heterocycles. The molecule has 5 nitrogen and oxygen atoms in total. The topological polar surface area (TPSA) is 69.6 Å². The largest absolute Gasteiger partial charge is 0.480 e. The zero-order chi connectivity index (χ0) is 16.4. The van der Waals surface area contributed by atoms with E-state index in [2.05, 4.69) is 5.32 Å². The molecule has 1 aliphatic rings. The summed E-state index contributed by atoms with van der Waals surface area (Å²) in [5, 5.41) is 15.1. The molecule has 1 amide bonds. The minimum Gasteiger partial charge on any atom is -0.480 e. The van der Waals surface area contributed by atoms with E-state index in [0.29, 0.717) is 12.1 Å². The van der Waals surface area contributed by atoms with Gasteiger partial charge in [0, 0.05) is 22.3 Å². The molecule has 1 fully saturated rings. The summed E-state index contributed by atoms with van der Waals surface area (Å²) in [5.41, 5.74) is 0.678. The van der Waals surface area contributed by atoms with Crippen molar-refractivity contribution in [2.24, 2.45) is 0 Å². The second kappa shape index (κ2) is 6.68. The number of hydrogen-bond donors (Lipinski definition) is 2. The first-order valence-electron chi connectivity index (χ1n) is 7.80. The summed E-state index contributed by atoms with van der Waals surface area (Å²) in [5.74, 6) is -0.855. The first kappa shape index (κ1) is 16.0. The van der Waals surface area contributed by atoms with E-state index in [1.807, 2.05) is 41.5 Å². The minimum absolute atomic E-state index is 0.0529. The molecule has 6 heteroatoms. The molecular formula is C17H20N2O3S. The maximum Gasteiger partial charge on any atom is 0.317 e. The molecule has 0 unspecified atom stereocenters. The average Bonchev–Trinajstić information content (AvgIpc) is 2.95. The minimum atomic E-state index is -0.802. The third kappa shape index (κ3) is 3.54. The second-order valence-electron chi connectivity index (χ2n) is 5.93. The summed E-state index contributed by atoms with van der Waals surface area (Å²) in [6.07, 6.45) is 1.63. The Hall–Kier alpha value is -1.92. The number of benzene rings is 1. The summed E-state index contributed by atoms with van der Waals surface area (Å²) >= 11 is 1.66. The van der Waals surface area contributed by atoms with Crippen LogP contribution >= 0.6 is 11.3 Å². The lowest BCUT2D eigenvalue weighted by Crippen LogP contribution is -2.54. The zero-order valence-corrected chi connectivity index (χ0v) is 13.8. The molecule has 1 saturated carbocycles. The molecule has 1 aromatic heterocycles. The Balaban J connectivity index is 1.54. The first-order valence-corrected chi connectivity index (χ1v) is 8.68. The molecule has 122 valence electrons. The summed E-state index contributed by atoms with van der Waals surface area (Å²) in [6, 6.07) is 8.15. The van der Waals surface area contributed by atoms with Crippen LogP contribution in [0, 0.1) is 0 Å². The van der Waals surface area contributed by atoms with Gasteiger partial charge in [-0.2, -0.15) is 0 Å². The molecule has 1 aliphatic carbocycles. The van der Waals surface area contributed by atoms with Crippen molar-refractivity contribution < 1.29 is 14.7 Å². The molecule has 0 atom stereocenters. The molecule has 0 bridgehead atoms. The van der Waals surface area contributed by atoms with Gasteiger partial charge in [0.2, 0.25) is 0 Å². The van der Waals surface area contributed by atoms with E-state index >= 15 is 0 Å². The molecule has 0 radical (unpaired) electrons. The number of likely N-dealkylation sites (N-methyl/N-ethyl adjacent to an activating group) is 1. The van der Waals surface area contributed by atoms with Crippen LogP contribution in [0.3, 0.4) is 0 Å². The Morgan fingerprint density at radius 2 is 2.13 bits per heavy atom. The number of hydrogen-bond acceptors (Lipinski definition) is 4. The van der Waals surface area contributed by atoms with Gasteiger partial charge in [0.1, 0.15) is 0 Å². The zero-order valence-electron chi connectivity index (χ0n) is 13.0. The van der Waals surface area contributed by atoms with Gasteiger partial charge in [-0.1, -0.05) is 6.92 Å². The number of carbonyl (C=O) groups is 2. The normalized spacial score (nSPS) is 20.4. The van der Waals surface area contributed by atoms with Crippen molar-refractivity contribution in [2.45, 2.75) is 31.8 Å². The van der Waals surface area contributed by atoms with Crippen LogP contribution in [0.1, 0.15) is 30.1 Å². The Morgan fingerprint density at radius 1 is 1.35 bits per heavy atom.